The standard InChI is InChI=1S/C10H18N4O/c1-7-8(13-15)9(14(5)12-7)11-6-10(2,3)4/h11H,6H2,1-5H3. The summed E-state index contributed by atoms with van der Waals surface area (Å²) >= 11 is 0. The zero-order valence-corrected chi connectivity index (χ0v) is 9.96. The van der Waals surface area contributed by atoms with E-state index < -0.39 is 0 Å². The van der Waals surface area contributed by atoms with Crippen LogP contribution in [0.2, 0.25) is 0 Å². The van der Waals surface area contributed by atoms with E-state index >= 15 is 0 Å². The van der Waals surface area contributed by atoms with Crippen molar-refractivity contribution in [3.05, 3.63) is 10.6 Å². The van der Waals surface area contributed by atoms with E-state index in [0.29, 0.717) is 17.2 Å². The number of rotatable bonds is 3. The Labute approximate surface area is 89.8 Å². The van der Waals surface area contributed by atoms with Crippen molar-refractivity contribution in [2.24, 2.45) is 17.6 Å². The number of nitroso groups, excluding NO2 is 1. The molecule has 0 fully saturated rings. The summed E-state index contributed by atoms with van der Waals surface area (Å²) in [7, 11) is 1.80. The van der Waals surface area contributed by atoms with Gasteiger partial charge in [0.2, 0.25) is 0 Å². The lowest BCUT2D eigenvalue weighted by atomic mass is 9.97. The number of aromatic nitrogens is 2. The van der Waals surface area contributed by atoms with Crippen LogP contribution in [0.5, 0.6) is 0 Å². The summed E-state index contributed by atoms with van der Waals surface area (Å²) in [5.41, 5.74) is 1.21. The summed E-state index contributed by atoms with van der Waals surface area (Å²) < 4.78 is 1.65. The molecule has 0 saturated carbocycles. The summed E-state index contributed by atoms with van der Waals surface area (Å²) in [6.45, 7) is 8.92. The minimum Gasteiger partial charge on any atom is -0.368 e. The third kappa shape index (κ3) is 2.78. The SMILES string of the molecule is Cc1nn(C)c(NCC(C)(C)C)c1N=O. The summed E-state index contributed by atoms with van der Waals surface area (Å²) in [4.78, 5) is 10.6. The molecule has 0 amide bonds. The minimum absolute atomic E-state index is 0.151. The number of aryl methyl sites for hydroxylation is 2. The highest BCUT2D eigenvalue weighted by Crippen LogP contribution is 2.28. The molecule has 0 spiro atoms. The van der Waals surface area contributed by atoms with Gasteiger partial charge in [0, 0.05) is 13.6 Å². The van der Waals surface area contributed by atoms with Gasteiger partial charge in [-0.1, -0.05) is 20.8 Å². The summed E-state index contributed by atoms with van der Waals surface area (Å²) in [5.74, 6) is 0.692. The fraction of sp³-hybridized carbons (Fsp3) is 0.700. The number of nitrogens with one attached hydrogen (secondary N) is 1. The normalized spacial score (nSPS) is 11.5. The molecule has 5 nitrogen and oxygen atoms in total. The lowest BCUT2D eigenvalue weighted by molar-refractivity contribution is 0.441. The van der Waals surface area contributed by atoms with E-state index in [4.69, 9.17) is 0 Å². The maximum atomic E-state index is 10.6. The second kappa shape index (κ2) is 4.00. The smallest absolute Gasteiger partial charge is 0.172 e. The molecule has 0 bridgehead atoms. The second-order valence-corrected chi connectivity index (χ2v) is 4.91. The summed E-state index contributed by atoms with van der Waals surface area (Å²) in [6, 6.07) is 0. The number of hydrogen-bond acceptors (Lipinski definition) is 4. The maximum Gasteiger partial charge on any atom is 0.172 e. The molecule has 1 heterocycles. The fourth-order valence-electron chi connectivity index (χ4n) is 1.30. The first kappa shape index (κ1) is 11.7. The Morgan fingerprint density at radius 1 is 1.47 bits per heavy atom. The van der Waals surface area contributed by atoms with Crippen molar-refractivity contribution in [3.63, 3.8) is 0 Å². The molecule has 0 unspecified atom stereocenters. The highest BCUT2D eigenvalue weighted by atomic mass is 16.3. The van der Waals surface area contributed by atoms with Crippen LogP contribution in [0.4, 0.5) is 11.5 Å². The van der Waals surface area contributed by atoms with E-state index in [0.717, 1.165) is 6.54 Å². The van der Waals surface area contributed by atoms with Crippen molar-refractivity contribution >= 4 is 11.5 Å². The van der Waals surface area contributed by atoms with Gasteiger partial charge in [-0.15, -0.1) is 4.91 Å². The zero-order chi connectivity index (χ0) is 11.6. The van der Waals surface area contributed by atoms with E-state index in [1.54, 1.807) is 18.7 Å². The van der Waals surface area contributed by atoms with Crippen LogP contribution in [0.3, 0.4) is 0 Å². The molecule has 0 aliphatic rings. The molecule has 0 aromatic carbocycles. The van der Waals surface area contributed by atoms with Crippen molar-refractivity contribution < 1.29 is 0 Å². The Kier molecular flexibility index (Phi) is 3.12. The predicted molar refractivity (Wildman–Crippen MR) is 61.3 cm³/mol. The van der Waals surface area contributed by atoms with Crippen molar-refractivity contribution in [2.75, 3.05) is 11.9 Å². The Hall–Kier alpha value is -1.39. The lowest BCUT2D eigenvalue weighted by Crippen LogP contribution is -2.20. The predicted octanol–water partition coefficient (Wildman–Crippen LogP) is 2.58. The van der Waals surface area contributed by atoms with E-state index in [1.165, 1.54) is 0 Å². The molecule has 0 aliphatic carbocycles. The van der Waals surface area contributed by atoms with Crippen LogP contribution < -0.4 is 5.32 Å². The first-order valence-electron chi connectivity index (χ1n) is 4.96. The molecule has 0 radical (unpaired) electrons. The molecular weight excluding hydrogens is 192 g/mol. The Morgan fingerprint density at radius 2 is 2.07 bits per heavy atom. The largest absolute Gasteiger partial charge is 0.368 e. The van der Waals surface area contributed by atoms with Crippen LogP contribution in [0.15, 0.2) is 5.18 Å². The van der Waals surface area contributed by atoms with Gasteiger partial charge >= 0.3 is 0 Å². The van der Waals surface area contributed by atoms with Crippen molar-refractivity contribution in [3.8, 4) is 0 Å². The summed E-state index contributed by atoms with van der Waals surface area (Å²) in [6.07, 6.45) is 0. The monoisotopic (exact) mass is 210 g/mol. The zero-order valence-electron chi connectivity index (χ0n) is 9.96. The van der Waals surface area contributed by atoms with Crippen molar-refractivity contribution in [2.45, 2.75) is 27.7 Å². The summed E-state index contributed by atoms with van der Waals surface area (Å²) in [5, 5.41) is 10.3. The van der Waals surface area contributed by atoms with E-state index in [1.807, 2.05) is 0 Å². The molecule has 15 heavy (non-hydrogen) atoms. The molecule has 1 N–H and O–H groups in total. The number of nitrogens with zero attached hydrogens (tertiary/aromatic N) is 3. The van der Waals surface area contributed by atoms with E-state index in [2.05, 4.69) is 36.4 Å². The van der Waals surface area contributed by atoms with Gasteiger partial charge in [-0.25, -0.2) is 0 Å². The van der Waals surface area contributed by atoms with Crippen LogP contribution in [0.25, 0.3) is 0 Å². The first-order chi connectivity index (χ1) is 6.85. The minimum atomic E-state index is 0.151. The van der Waals surface area contributed by atoms with Crippen LogP contribution in [0, 0.1) is 17.2 Å². The van der Waals surface area contributed by atoms with Crippen molar-refractivity contribution in [1.82, 2.24) is 9.78 Å². The van der Waals surface area contributed by atoms with Gasteiger partial charge in [-0.05, 0) is 17.5 Å². The maximum absolute atomic E-state index is 10.6. The Balaban J connectivity index is 2.89. The van der Waals surface area contributed by atoms with Gasteiger partial charge in [-0.2, -0.15) is 5.10 Å². The third-order valence-corrected chi connectivity index (χ3v) is 2.07. The number of anilines is 1. The molecule has 1 rings (SSSR count). The van der Waals surface area contributed by atoms with Crippen molar-refractivity contribution in [1.29, 1.82) is 0 Å². The Bertz CT molecular complexity index is 362. The van der Waals surface area contributed by atoms with Crippen LogP contribution >= 0.6 is 0 Å². The first-order valence-corrected chi connectivity index (χ1v) is 4.96. The molecule has 0 aliphatic heterocycles. The van der Waals surface area contributed by atoms with E-state index in [9.17, 15) is 4.91 Å². The fourth-order valence-corrected chi connectivity index (χ4v) is 1.30. The van der Waals surface area contributed by atoms with E-state index in [-0.39, 0.29) is 5.41 Å². The molecule has 1 aromatic rings. The van der Waals surface area contributed by atoms with Gasteiger partial charge in [0.1, 0.15) is 0 Å². The lowest BCUT2D eigenvalue weighted by Gasteiger charge is -2.19. The van der Waals surface area contributed by atoms with Gasteiger partial charge in [0.05, 0.1) is 5.69 Å². The second-order valence-electron chi connectivity index (χ2n) is 4.91. The van der Waals surface area contributed by atoms with Gasteiger partial charge in [0.25, 0.3) is 0 Å². The van der Waals surface area contributed by atoms with Gasteiger partial charge in [0.15, 0.2) is 11.5 Å². The highest BCUT2D eigenvalue weighted by molar-refractivity contribution is 5.63. The highest BCUT2D eigenvalue weighted by Gasteiger charge is 2.16. The van der Waals surface area contributed by atoms with Crippen LogP contribution in [-0.4, -0.2) is 16.3 Å². The molecule has 1 aromatic heterocycles. The molecule has 5 heteroatoms. The molecule has 84 valence electrons. The van der Waals surface area contributed by atoms with Gasteiger partial charge < -0.3 is 5.32 Å². The Morgan fingerprint density at radius 3 is 2.53 bits per heavy atom. The van der Waals surface area contributed by atoms with Crippen LogP contribution in [-0.2, 0) is 7.05 Å². The average molecular weight is 210 g/mol. The van der Waals surface area contributed by atoms with Crippen LogP contribution in [0.1, 0.15) is 26.5 Å². The third-order valence-electron chi connectivity index (χ3n) is 2.07. The molecule has 0 saturated heterocycles. The topological polar surface area (TPSA) is 59.3 Å². The quantitative estimate of drug-likeness (QED) is 0.780. The van der Waals surface area contributed by atoms with Gasteiger partial charge in [-0.3, -0.25) is 4.68 Å². The molecule has 0 atom stereocenters. The molecular formula is C10H18N4O. The average Bonchev–Trinajstić information content (AvgIpc) is 2.35. The number of hydrogen-bond donors (Lipinski definition) is 1.